The van der Waals surface area contributed by atoms with Gasteiger partial charge in [-0.2, -0.15) is 5.10 Å². The fourth-order valence-electron chi connectivity index (χ4n) is 0.992. The highest BCUT2D eigenvalue weighted by molar-refractivity contribution is 9.10. The van der Waals surface area contributed by atoms with E-state index in [0.29, 0.717) is 0 Å². The minimum Gasteiger partial charge on any atom is -0.217 e. The standard InChI is InChI=1S/C7H6BrN3/c1-5-6(8)2-3-7-9-4-10-11(5)7/h2-4H,1H3. The van der Waals surface area contributed by atoms with E-state index in [4.69, 9.17) is 0 Å². The topological polar surface area (TPSA) is 30.2 Å². The number of nitrogens with zero attached hydrogens (tertiary/aromatic N) is 3. The van der Waals surface area contributed by atoms with Crippen molar-refractivity contribution in [1.82, 2.24) is 14.6 Å². The first kappa shape index (κ1) is 6.79. The second-order valence-corrected chi connectivity index (χ2v) is 3.15. The highest BCUT2D eigenvalue weighted by Crippen LogP contribution is 2.15. The highest BCUT2D eigenvalue weighted by atomic mass is 79.9. The number of aryl methyl sites for hydroxylation is 1. The van der Waals surface area contributed by atoms with E-state index in [1.165, 1.54) is 0 Å². The van der Waals surface area contributed by atoms with Crippen LogP contribution in [-0.4, -0.2) is 14.6 Å². The van der Waals surface area contributed by atoms with Gasteiger partial charge in [0.1, 0.15) is 6.33 Å². The normalized spacial score (nSPS) is 10.7. The zero-order chi connectivity index (χ0) is 7.84. The Hall–Kier alpha value is -0.900. The molecule has 0 fully saturated rings. The van der Waals surface area contributed by atoms with Gasteiger partial charge in [-0.3, -0.25) is 0 Å². The first-order chi connectivity index (χ1) is 5.29. The third kappa shape index (κ3) is 0.939. The molecule has 0 amide bonds. The Morgan fingerprint density at radius 3 is 3.09 bits per heavy atom. The number of pyridine rings is 1. The molecule has 0 spiro atoms. The number of aromatic nitrogens is 3. The zero-order valence-electron chi connectivity index (χ0n) is 5.95. The molecule has 0 bridgehead atoms. The maximum atomic E-state index is 4.05. The molecule has 2 rings (SSSR count). The van der Waals surface area contributed by atoms with E-state index in [1.54, 1.807) is 10.8 Å². The molecule has 56 valence electrons. The van der Waals surface area contributed by atoms with Crippen molar-refractivity contribution in [2.24, 2.45) is 0 Å². The minimum absolute atomic E-state index is 0.880. The van der Waals surface area contributed by atoms with E-state index in [2.05, 4.69) is 26.0 Å². The molecule has 0 N–H and O–H groups in total. The predicted octanol–water partition coefficient (Wildman–Crippen LogP) is 1.80. The molecule has 0 aliphatic heterocycles. The van der Waals surface area contributed by atoms with E-state index >= 15 is 0 Å². The van der Waals surface area contributed by atoms with E-state index < -0.39 is 0 Å². The molecule has 0 atom stereocenters. The number of hydrogen-bond donors (Lipinski definition) is 0. The lowest BCUT2D eigenvalue weighted by Crippen LogP contribution is -1.93. The van der Waals surface area contributed by atoms with Gasteiger partial charge >= 0.3 is 0 Å². The van der Waals surface area contributed by atoms with Gasteiger partial charge in [-0.15, -0.1) is 0 Å². The van der Waals surface area contributed by atoms with Crippen LogP contribution in [0.2, 0.25) is 0 Å². The first-order valence-corrected chi connectivity index (χ1v) is 4.03. The number of halogens is 1. The van der Waals surface area contributed by atoms with E-state index in [1.807, 2.05) is 19.1 Å². The molecule has 0 aromatic carbocycles. The van der Waals surface area contributed by atoms with Crippen LogP contribution in [0.25, 0.3) is 5.65 Å². The minimum atomic E-state index is 0.880. The van der Waals surface area contributed by atoms with Gasteiger partial charge in [0.15, 0.2) is 5.65 Å². The Morgan fingerprint density at radius 1 is 1.45 bits per heavy atom. The summed E-state index contributed by atoms with van der Waals surface area (Å²) in [7, 11) is 0. The van der Waals surface area contributed by atoms with Crippen LogP contribution in [0.5, 0.6) is 0 Å². The van der Waals surface area contributed by atoms with Crippen molar-refractivity contribution in [3.8, 4) is 0 Å². The molecular weight excluding hydrogens is 206 g/mol. The fourth-order valence-corrected chi connectivity index (χ4v) is 1.29. The number of rotatable bonds is 0. The van der Waals surface area contributed by atoms with Gasteiger partial charge in [0, 0.05) is 4.47 Å². The van der Waals surface area contributed by atoms with Crippen LogP contribution in [0.3, 0.4) is 0 Å². The Morgan fingerprint density at radius 2 is 2.27 bits per heavy atom. The van der Waals surface area contributed by atoms with E-state index in [0.717, 1.165) is 15.8 Å². The summed E-state index contributed by atoms with van der Waals surface area (Å²) in [4.78, 5) is 4.05. The van der Waals surface area contributed by atoms with Crippen molar-refractivity contribution in [3.05, 3.63) is 28.6 Å². The Kier molecular flexibility index (Phi) is 1.42. The Bertz CT molecular complexity index is 393. The van der Waals surface area contributed by atoms with Crippen molar-refractivity contribution in [3.63, 3.8) is 0 Å². The lowest BCUT2D eigenvalue weighted by Gasteiger charge is -1.98. The summed E-state index contributed by atoms with van der Waals surface area (Å²) in [6.07, 6.45) is 1.55. The third-order valence-corrected chi connectivity index (χ3v) is 2.45. The molecule has 0 saturated heterocycles. The predicted molar refractivity (Wildman–Crippen MR) is 45.4 cm³/mol. The highest BCUT2D eigenvalue weighted by Gasteiger charge is 2.00. The van der Waals surface area contributed by atoms with Crippen LogP contribution in [0, 0.1) is 6.92 Å². The largest absolute Gasteiger partial charge is 0.217 e. The molecule has 0 aliphatic carbocycles. The molecule has 0 aliphatic rings. The summed E-state index contributed by atoms with van der Waals surface area (Å²) >= 11 is 3.41. The average Bonchev–Trinajstić information content (AvgIpc) is 2.45. The molecule has 0 unspecified atom stereocenters. The summed E-state index contributed by atoms with van der Waals surface area (Å²) < 4.78 is 2.85. The Balaban J connectivity index is 2.93. The summed E-state index contributed by atoms with van der Waals surface area (Å²) in [6, 6.07) is 3.89. The van der Waals surface area contributed by atoms with Crippen LogP contribution in [0.4, 0.5) is 0 Å². The molecular formula is C7H6BrN3. The SMILES string of the molecule is Cc1c(Br)ccc2ncnn12. The molecule has 4 heteroatoms. The average molecular weight is 212 g/mol. The van der Waals surface area contributed by atoms with Gasteiger partial charge in [-0.25, -0.2) is 9.50 Å². The van der Waals surface area contributed by atoms with E-state index in [-0.39, 0.29) is 0 Å². The molecule has 2 heterocycles. The number of hydrogen-bond acceptors (Lipinski definition) is 2. The maximum Gasteiger partial charge on any atom is 0.155 e. The van der Waals surface area contributed by atoms with Crippen LogP contribution >= 0.6 is 15.9 Å². The number of fused-ring (bicyclic) bond motifs is 1. The zero-order valence-corrected chi connectivity index (χ0v) is 7.54. The van der Waals surface area contributed by atoms with Crippen LogP contribution < -0.4 is 0 Å². The van der Waals surface area contributed by atoms with Crippen LogP contribution in [0.1, 0.15) is 5.69 Å². The van der Waals surface area contributed by atoms with Crippen molar-refractivity contribution >= 4 is 21.6 Å². The van der Waals surface area contributed by atoms with Gasteiger partial charge < -0.3 is 0 Å². The van der Waals surface area contributed by atoms with Crippen molar-refractivity contribution in [2.75, 3.05) is 0 Å². The van der Waals surface area contributed by atoms with Crippen LogP contribution in [-0.2, 0) is 0 Å². The van der Waals surface area contributed by atoms with Crippen molar-refractivity contribution in [2.45, 2.75) is 6.92 Å². The molecule has 11 heavy (non-hydrogen) atoms. The first-order valence-electron chi connectivity index (χ1n) is 3.24. The molecule has 2 aromatic heterocycles. The fraction of sp³-hybridized carbons (Fsp3) is 0.143. The lowest BCUT2D eigenvalue weighted by atomic mass is 10.4. The third-order valence-electron chi connectivity index (χ3n) is 1.62. The summed E-state index contributed by atoms with van der Waals surface area (Å²) in [5.74, 6) is 0. The lowest BCUT2D eigenvalue weighted by molar-refractivity contribution is 0.908. The van der Waals surface area contributed by atoms with Gasteiger partial charge in [0.25, 0.3) is 0 Å². The quantitative estimate of drug-likeness (QED) is 0.666. The summed E-state index contributed by atoms with van der Waals surface area (Å²) in [5.41, 5.74) is 1.95. The maximum absolute atomic E-state index is 4.05. The molecule has 0 saturated carbocycles. The van der Waals surface area contributed by atoms with Gasteiger partial charge in [0.05, 0.1) is 5.69 Å². The van der Waals surface area contributed by atoms with Gasteiger partial charge in [0.2, 0.25) is 0 Å². The smallest absolute Gasteiger partial charge is 0.155 e. The summed E-state index contributed by atoms with van der Waals surface area (Å²) in [6.45, 7) is 1.99. The molecule has 2 aromatic rings. The van der Waals surface area contributed by atoms with Crippen molar-refractivity contribution in [1.29, 1.82) is 0 Å². The molecule has 0 radical (unpaired) electrons. The van der Waals surface area contributed by atoms with Crippen LogP contribution in [0.15, 0.2) is 22.9 Å². The van der Waals surface area contributed by atoms with Gasteiger partial charge in [-0.1, -0.05) is 0 Å². The molecule has 3 nitrogen and oxygen atoms in total. The Labute approximate surface area is 72.2 Å². The monoisotopic (exact) mass is 211 g/mol. The van der Waals surface area contributed by atoms with Crippen molar-refractivity contribution < 1.29 is 0 Å². The summed E-state index contributed by atoms with van der Waals surface area (Å²) in [5, 5.41) is 4.05. The second kappa shape index (κ2) is 2.30. The second-order valence-electron chi connectivity index (χ2n) is 2.30. The van der Waals surface area contributed by atoms with Gasteiger partial charge in [-0.05, 0) is 35.0 Å². The van der Waals surface area contributed by atoms with E-state index in [9.17, 15) is 0 Å².